The van der Waals surface area contributed by atoms with Gasteiger partial charge in [-0.25, -0.2) is 9.78 Å². The quantitative estimate of drug-likeness (QED) is 0.878. The summed E-state index contributed by atoms with van der Waals surface area (Å²) in [6.07, 6.45) is 4.80. The maximum atomic E-state index is 12.2. The first-order chi connectivity index (χ1) is 9.69. The van der Waals surface area contributed by atoms with Crippen LogP contribution in [-0.2, 0) is 12.8 Å². The summed E-state index contributed by atoms with van der Waals surface area (Å²) in [5, 5.41) is 12.8. The summed E-state index contributed by atoms with van der Waals surface area (Å²) in [5.74, 6) is 0. The lowest BCUT2D eigenvalue weighted by molar-refractivity contribution is 0.166. The smallest absolute Gasteiger partial charge is 0.323 e. The van der Waals surface area contributed by atoms with Crippen LogP contribution in [0.2, 0.25) is 0 Å². The molecule has 1 atom stereocenters. The molecule has 0 saturated carbocycles. The maximum absolute atomic E-state index is 12.2. The lowest BCUT2D eigenvalue weighted by Gasteiger charge is -2.22. The molecule has 1 aliphatic rings. The number of hydrogen-bond acceptors (Lipinski definition) is 4. The first-order valence-electron chi connectivity index (χ1n) is 7.36. The molecule has 0 spiro atoms. The van der Waals surface area contributed by atoms with Crippen LogP contribution in [0.5, 0.6) is 0 Å². The Morgan fingerprint density at radius 1 is 1.55 bits per heavy atom. The molecule has 2 rings (SSSR count). The van der Waals surface area contributed by atoms with Crippen molar-refractivity contribution >= 4 is 22.5 Å². The maximum Gasteiger partial charge on any atom is 0.323 e. The Bertz CT molecular complexity index is 461. The third kappa shape index (κ3) is 3.30. The Morgan fingerprint density at radius 3 is 3.00 bits per heavy atom. The van der Waals surface area contributed by atoms with E-state index in [2.05, 4.69) is 24.1 Å². The van der Waals surface area contributed by atoms with Crippen LogP contribution in [-0.4, -0.2) is 40.2 Å². The van der Waals surface area contributed by atoms with E-state index in [-0.39, 0.29) is 18.7 Å². The van der Waals surface area contributed by atoms with Gasteiger partial charge >= 0.3 is 6.03 Å². The van der Waals surface area contributed by atoms with Crippen LogP contribution < -0.4 is 5.32 Å². The van der Waals surface area contributed by atoms with Crippen molar-refractivity contribution < 1.29 is 9.90 Å². The van der Waals surface area contributed by atoms with Gasteiger partial charge in [0.15, 0.2) is 5.13 Å². The first-order valence-corrected chi connectivity index (χ1v) is 8.18. The van der Waals surface area contributed by atoms with Gasteiger partial charge in [0.1, 0.15) is 0 Å². The number of aryl methyl sites for hydroxylation is 2. The number of thiazole rings is 1. The number of aliphatic hydroxyl groups is 1. The monoisotopic (exact) mass is 297 g/mol. The van der Waals surface area contributed by atoms with E-state index in [1.807, 2.05) is 0 Å². The molecule has 1 fully saturated rings. The van der Waals surface area contributed by atoms with Crippen molar-refractivity contribution in [2.24, 2.45) is 0 Å². The Balaban J connectivity index is 2.04. The molecule has 2 amide bonds. The number of nitrogens with one attached hydrogen (secondary N) is 1. The summed E-state index contributed by atoms with van der Waals surface area (Å²) in [4.78, 5) is 19.7. The van der Waals surface area contributed by atoms with Gasteiger partial charge in [-0.2, -0.15) is 0 Å². The highest BCUT2D eigenvalue weighted by molar-refractivity contribution is 7.15. The van der Waals surface area contributed by atoms with Gasteiger partial charge in [0, 0.05) is 11.4 Å². The van der Waals surface area contributed by atoms with Crippen LogP contribution in [0.1, 0.15) is 43.7 Å². The van der Waals surface area contributed by atoms with Crippen LogP contribution in [0.25, 0.3) is 0 Å². The van der Waals surface area contributed by atoms with E-state index in [1.165, 1.54) is 4.88 Å². The van der Waals surface area contributed by atoms with Crippen molar-refractivity contribution in [2.75, 3.05) is 18.5 Å². The van der Waals surface area contributed by atoms with Gasteiger partial charge in [0.05, 0.1) is 18.3 Å². The molecule has 2 heterocycles. The third-order valence-electron chi connectivity index (χ3n) is 3.65. The zero-order valence-electron chi connectivity index (χ0n) is 12.2. The normalized spacial score (nSPS) is 18.6. The number of likely N-dealkylation sites (tertiary alicyclic amines) is 1. The van der Waals surface area contributed by atoms with E-state index in [9.17, 15) is 9.90 Å². The zero-order chi connectivity index (χ0) is 14.5. The summed E-state index contributed by atoms with van der Waals surface area (Å²) in [7, 11) is 0. The SMILES string of the molecule is CCCc1nc(NC(=O)N2CCC[C@@H]2CO)sc1CC. The number of hydrogen-bond donors (Lipinski definition) is 2. The fraction of sp³-hybridized carbons (Fsp3) is 0.714. The van der Waals surface area contributed by atoms with Gasteiger partial charge in [-0.1, -0.05) is 20.3 Å². The van der Waals surface area contributed by atoms with Crippen LogP contribution in [0.4, 0.5) is 9.93 Å². The topological polar surface area (TPSA) is 65.5 Å². The molecule has 0 radical (unpaired) electrons. The Labute approximate surface area is 124 Å². The zero-order valence-corrected chi connectivity index (χ0v) is 13.0. The van der Waals surface area contributed by atoms with Gasteiger partial charge in [0.25, 0.3) is 0 Å². The summed E-state index contributed by atoms with van der Waals surface area (Å²) in [5.41, 5.74) is 1.11. The fourth-order valence-electron chi connectivity index (χ4n) is 2.60. The Hall–Kier alpha value is -1.14. The van der Waals surface area contributed by atoms with E-state index in [1.54, 1.807) is 16.2 Å². The third-order valence-corrected chi connectivity index (χ3v) is 4.81. The number of aliphatic hydroxyl groups excluding tert-OH is 1. The molecule has 112 valence electrons. The van der Waals surface area contributed by atoms with Crippen LogP contribution in [0, 0.1) is 0 Å². The van der Waals surface area contributed by atoms with Crippen molar-refractivity contribution in [2.45, 2.75) is 52.0 Å². The van der Waals surface area contributed by atoms with E-state index in [0.29, 0.717) is 11.7 Å². The van der Waals surface area contributed by atoms with E-state index < -0.39 is 0 Å². The number of rotatable bonds is 5. The fourth-order valence-corrected chi connectivity index (χ4v) is 3.54. The van der Waals surface area contributed by atoms with Crippen molar-refractivity contribution in [1.82, 2.24) is 9.88 Å². The molecule has 1 aromatic rings. The molecular weight excluding hydrogens is 274 g/mol. The number of urea groups is 1. The Kier molecular flexibility index (Phi) is 5.37. The van der Waals surface area contributed by atoms with Gasteiger partial charge in [-0.3, -0.25) is 5.32 Å². The Morgan fingerprint density at radius 2 is 2.35 bits per heavy atom. The summed E-state index contributed by atoms with van der Waals surface area (Å²) >= 11 is 1.56. The molecule has 0 aromatic carbocycles. The van der Waals surface area contributed by atoms with E-state index in [0.717, 1.165) is 37.8 Å². The van der Waals surface area contributed by atoms with Gasteiger partial charge < -0.3 is 10.0 Å². The second kappa shape index (κ2) is 7.04. The van der Waals surface area contributed by atoms with Crippen LogP contribution in [0.3, 0.4) is 0 Å². The number of carbonyl (C=O) groups excluding carboxylic acids is 1. The average molecular weight is 297 g/mol. The predicted octanol–water partition coefficient (Wildman–Crippen LogP) is 2.65. The lowest BCUT2D eigenvalue weighted by Crippen LogP contribution is -2.40. The summed E-state index contributed by atoms with van der Waals surface area (Å²) in [6, 6.07) is -0.184. The molecule has 20 heavy (non-hydrogen) atoms. The molecular formula is C14H23N3O2S. The van der Waals surface area contributed by atoms with Gasteiger partial charge in [-0.15, -0.1) is 11.3 Å². The first kappa shape index (κ1) is 15.3. The van der Waals surface area contributed by atoms with Crippen molar-refractivity contribution in [3.63, 3.8) is 0 Å². The molecule has 0 aliphatic carbocycles. The number of carbonyl (C=O) groups is 1. The highest BCUT2D eigenvalue weighted by Crippen LogP contribution is 2.26. The molecule has 0 bridgehead atoms. The van der Waals surface area contributed by atoms with Crippen LogP contribution in [0.15, 0.2) is 0 Å². The largest absolute Gasteiger partial charge is 0.394 e. The van der Waals surface area contributed by atoms with Crippen molar-refractivity contribution in [1.29, 1.82) is 0 Å². The van der Waals surface area contributed by atoms with Crippen molar-refractivity contribution in [3.8, 4) is 0 Å². The predicted molar refractivity (Wildman–Crippen MR) is 81.3 cm³/mol. The lowest BCUT2D eigenvalue weighted by atomic mass is 10.2. The molecule has 5 nitrogen and oxygen atoms in total. The molecule has 1 aliphatic heterocycles. The number of aromatic nitrogens is 1. The molecule has 1 saturated heterocycles. The second-order valence-electron chi connectivity index (χ2n) is 5.09. The van der Waals surface area contributed by atoms with Crippen LogP contribution >= 0.6 is 11.3 Å². The molecule has 6 heteroatoms. The molecule has 1 aromatic heterocycles. The van der Waals surface area contributed by atoms with E-state index >= 15 is 0 Å². The second-order valence-corrected chi connectivity index (χ2v) is 6.18. The highest BCUT2D eigenvalue weighted by atomic mass is 32.1. The molecule has 0 unspecified atom stereocenters. The molecule has 2 N–H and O–H groups in total. The van der Waals surface area contributed by atoms with Gasteiger partial charge in [0.2, 0.25) is 0 Å². The summed E-state index contributed by atoms with van der Waals surface area (Å²) < 4.78 is 0. The highest BCUT2D eigenvalue weighted by Gasteiger charge is 2.28. The van der Waals surface area contributed by atoms with Crippen molar-refractivity contribution in [3.05, 3.63) is 10.6 Å². The van der Waals surface area contributed by atoms with E-state index in [4.69, 9.17) is 0 Å². The minimum atomic E-state index is -0.138. The average Bonchev–Trinajstić information content (AvgIpc) is 3.05. The summed E-state index contributed by atoms with van der Waals surface area (Å²) in [6.45, 7) is 4.99. The minimum Gasteiger partial charge on any atom is -0.394 e. The number of anilines is 1. The standard InChI is InChI=1S/C14H23N3O2S/c1-3-6-11-12(4-2)20-13(15-11)16-14(19)17-8-5-7-10(17)9-18/h10,18H,3-9H2,1-2H3,(H,15,16,19)/t10-/m1/s1. The number of nitrogens with zero attached hydrogens (tertiary/aromatic N) is 2. The number of amides is 2. The van der Waals surface area contributed by atoms with Gasteiger partial charge in [-0.05, 0) is 25.7 Å². The minimum absolute atomic E-state index is 0.0343.